The number of rotatable bonds is 3. The summed E-state index contributed by atoms with van der Waals surface area (Å²) in [6.45, 7) is 1.86. The first-order chi connectivity index (χ1) is 12.0. The number of ether oxygens (including phenoxy) is 2. The van der Waals surface area contributed by atoms with Gasteiger partial charge >= 0.3 is 0 Å². The lowest BCUT2D eigenvalue weighted by Gasteiger charge is -2.30. The molecule has 0 saturated carbocycles. The smallest absolute Gasteiger partial charge is 0.218 e. The molecule has 2 aliphatic heterocycles. The van der Waals surface area contributed by atoms with Gasteiger partial charge in [-0.3, -0.25) is 0 Å². The molecule has 0 N–H and O–H groups in total. The van der Waals surface area contributed by atoms with Crippen LogP contribution in [0.25, 0.3) is 0 Å². The molecule has 132 valence electrons. The fourth-order valence-electron chi connectivity index (χ4n) is 3.21. The summed E-state index contributed by atoms with van der Waals surface area (Å²) >= 11 is 6.12. The van der Waals surface area contributed by atoms with E-state index in [9.17, 15) is 8.42 Å². The van der Waals surface area contributed by atoms with Gasteiger partial charge in [-0.1, -0.05) is 29.8 Å². The number of fused-ring (bicyclic) bond motifs is 2. The Morgan fingerprint density at radius 2 is 1.72 bits per heavy atom. The second-order valence-corrected chi connectivity index (χ2v) is 8.57. The molecule has 0 aliphatic carbocycles. The Balaban J connectivity index is 1.58. The highest BCUT2D eigenvalue weighted by Crippen LogP contribution is 2.36. The van der Waals surface area contributed by atoms with Crippen LogP contribution in [0.1, 0.15) is 16.7 Å². The third-order valence-corrected chi connectivity index (χ3v) is 6.67. The van der Waals surface area contributed by atoms with Crippen molar-refractivity contribution in [3.8, 4) is 11.5 Å². The number of benzene rings is 2. The average molecular weight is 380 g/mol. The maximum atomic E-state index is 12.8. The monoisotopic (exact) mass is 379 g/mol. The average Bonchev–Trinajstić information content (AvgIpc) is 2.61. The number of hydrogen-bond donors (Lipinski definition) is 0. The van der Waals surface area contributed by atoms with Crippen LogP contribution in [-0.4, -0.2) is 32.5 Å². The summed E-state index contributed by atoms with van der Waals surface area (Å²) in [6, 6.07) is 10.9. The molecule has 0 aromatic heterocycles. The second kappa shape index (κ2) is 6.52. The maximum Gasteiger partial charge on any atom is 0.218 e. The Hall–Kier alpha value is -1.76. The first-order valence-electron chi connectivity index (χ1n) is 8.15. The summed E-state index contributed by atoms with van der Waals surface area (Å²) in [5.41, 5.74) is 2.71. The minimum absolute atomic E-state index is 0.0907. The molecule has 0 fully saturated rings. The summed E-state index contributed by atoms with van der Waals surface area (Å²) in [5, 5.41) is 0.475. The van der Waals surface area contributed by atoms with Gasteiger partial charge < -0.3 is 9.47 Å². The number of sulfonamides is 1. The van der Waals surface area contributed by atoms with Gasteiger partial charge in [0.1, 0.15) is 13.2 Å². The first kappa shape index (κ1) is 16.7. The van der Waals surface area contributed by atoms with Crippen LogP contribution in [0.15, 0.2) is 36.4 Å². The number of nitrogens with zero attached hydrogens (tertiary/aromatic N) is 1. The normalized spacial score (nSPS) is 17.2. The molecule has 0 radical (unpaired) electrons. The Morgan fingerprint density at radius 3 is 2.44 bits per heavy atom. The first-order valence-corrected chi connectivity index (χ1v) is 10.1. The highest BCUT2D eigenvalue weighted by molar-refractivity contribution is 7.88. The van der Waals surface area contributed by atoms with Crippen LogP contribution in [0.5, 0.6) is 11.5 Å². The zero-order chi connectivity index (χ0) is 17.4. The van der Waals surface area contributed by atoms with Crippen molar-refractivity contribution in [2.45, 2.75) is 18.7 Å². The predicted molar refractivity (Wildman–Crippen MR) is 95.6 cm³/mol. The third kappa shape index (κ3) is 3.34. The molecule has 2 aliphatic rings. The summed E-state index contributed by atoms with van der Waals surface area (Å²) in [4.78, 5) is 0. The van der Waals surface area contributed by atoms with Crippen LogP contribution in [0, 0.1) is 0 Å². The van der Waals surface area contributed by atoms with Gasteiger partial charge in [0.05, 0.1) is 5.75 Å². The lowest BCUT2D eigenvalue weighted by molar-refractivity contribution is 0.171. The molecule has 2 heterocycles. The van der Waals surface area contributed by atoms with Crippen LogP contribution in [-0.2, 0) is 28.7 Å². The molecule has 4 rings (SSSR count). The van der Waals surface area contributed by atoms with Crippen LogP contribution < -0.4 is 9.47 Å². The highest BCUT2D eigenvalue weighted by atomic mass is 35.5. The van der Waals surface area contributed by atoms with E-state index >= 15 is 0 Å². The van der Waals surface area contributed by atoms with Gasteiger partial charge in [-0.05, 0) is 41.3 Å². The molecule has 0 saturated heterocycles. The molecule has 7 heteroatoms. The zero-order valence-corrected chi connectivity index (χ0v) is 15.1. The van der Waals surface area contributed by atoms with Crippen molar-refractivity contribution in [2.75, 3.05) is 19.8 Å². The van der Waals surface area contributed by atoms with Crippen molar-refractivity contribution >= 4 is 21.6 Å². The van der Waals surface area contributed by atoms with Gasteiger partial charge in [-0.15, -0.1) is 0 Å². The van der Waals surface area contributed by atoms with Gasteiger partial charge in [-0.25, -0.2) is 8.42 Å². The SMILES string of the molecule is O=S(=O)(Cc1ccccc1Cl)N1CCc2cc3c(cc2C1)OCCO3. The van der Waals surface area contributed by atoms with E-state index in [2.05, 4.69) is 0 Å². The molecule has 0 unspecified atom stereocenters. The lowest BCUT2D eigenvalue weighted by atomic mass is 10.00. The largest absolute Gasteiger partial charge is 0.486 e. The topological polar surface area (TPSA) is 55.8 Å². The number of halogens is 1. The molecule has 2 aromatic carbocycles. The van der Waals surface area contributed by atoms with Gasteiger partial charge in [0.25, 0.3) is 0 Å². The van der Waals surface area contributed by atoms with Crippen molar-refractivity contribution in [2.24, 2.45) is 0 Å². The molecule has 2 aromatic rings. The molecule has 0 atom stereocenters. The van der Waals surface area contributed by atoms with Crippen molar-refractivity contribution in [3.63, 3.8) is 0 Å². The molecular weight excluding hydrogens is 362 g/mol. The minimum atomic E-state index is -3.45. The van der Waals surface area contributed by atoms with E-state index in [0.717, 1.165) is 16.9 Å². The van der Waals surface area contributed by atoms with Crippen molar-refractivity contribution < 1.29 is 17.9 Å². The molecule has 5 nitrogen and oxygen atoms in total. The van der Waals surface area contributed by atoms with Gasteiger partial charge in [0, 0.05) is 18.1 Å². The third-order valence-electron chi connectivity index (χ3n) is 4.53. The van der Waals surface area contributed by atoms with Crippen molar-refractivity contribution in [3.05, 3.63) is 58.1 Å². The van der Waals surface area contributed by atoms with Crippen LogP contribution in [0.4, 0.5) is 0 Å². The second-order valence-electron chi connectivity index (χ2n) is 6.20. The van der Waals surface area contributed by atoms with E-state index in [1.807, 2.05) is 12.1 Å². The molecular formula is C18H18ClNO4S. The maximum absolute atomic E-state index is 12.8. The quantitative estimate of drug-likeness (QED) is 0.822. The van der Waals surface area contributed by atoms with Crippen LogP contribution in [0.3, 0.4) is 0 Å². The summed E-state index contributed by atoms with van der Waals surface area (Å²) < 4.78 is 38.4. The Morgan fingerprint density at radius 1 is 1.04 bits per heavy atom. The zero-order valence-electron chi connectivity index (χ0n) is 13.6. The van der Waals surface area contributed by atoms with Gasteiger partial charge in [0.15, 0.2) is 11.5 Å². The van der Waals surface area contributed by atoms with Crippen molar-refractivity contribution in [1.82, 2.24) is 4.31 Å². The summed E-state index contributed by atoms with van der Waals surface area (Å²) in [7, 11) is -3.45. The Kier molecular flexibility index (Phi) is 4.35. The highest BCUT2D eigenvalue weighted by Gasteiger charge is 2.29. The van der Waals surface area contributed by atoms with Crippen LogP contribution >= 0.6 is 11.6 Å². The molecule has 25 heavy (non-hydrogen) atoms. The van der Waals surface area contributed by atoms with E-state index < -0.39 is 10.0 Å². The lowest BCUT2D eigenvalue weighted by Crippen LogP contribution is -2.37. The molecule has 0 amide bonds. The van der Waals surface area contributed by atoms with E-state index in [0.29, 0.717) is 49.1 Å². The van der Waals surface area contributed by atoms with E-state index in [-0.39, 0.29) is 5.75 Å². The molecule has 0 bridgehead atoms. The van der Waals surface area contributed by atoms with E-state index in [1.165, 1.54) is 4.31 Å². The fourth-order valence-corrected chi connectivity index (χ4v) is 5.02. The van der Waals surface area contributed by atoms with Crippen molar-refractivity contribution in [1.29, 1.82) is 0 Å². The standard InChI is InChI=1S/C18H18ClNO4S/c19-16-4-2-1-3-14(16)12-25(21,22)20-6-5-13-9-17-18(10-15(13)11-20)24-8-7-23-17/h1-4,9-10H,5-8,11-12H2. The van der Waals surface area contributed by atoms with Gasteiger partial charge in [-0.2, -0.15) is 4.31 Å². The summed E-state index contributed by atoms with van der Waals surface area (Å²) in [5.74, 6) is 1.35. The Labute approximate surface area is 152 Å². The summed E-state index contributed by atoms with van der Waals surface area (Å²) in [6.07, 6.45) is 0.660. The molecule has 0 spiro atoms. The predicted octanol–water partition coefficient (Wildman–Crippen LogP) is 3.00. The van der Waals surface area contributed by atoms with E-state index in [1.54, 1.807) is 24.3 Å². The Bertz CT molecular complexity index is 913. The van der Waals surface area contributed by atoms with E-state index in [4.69, 9.17) is 21.1 Å². The number of hydrogen-bond acceptors (Lipinski definition) is 4. The minimum Gasteiger partial charge on any atom is -0.486 e. The fraction of sp³-hybridized carbons (Fsp3) is 0.333. The van der Waals surface area contributed by atoms with Gasteiger partial charge in [0.2, 0.25) is 10.0 Å². The van der Waals surface area contributed by atoms with Crippen LogP contribution in [0.2, 0.25) is 5.02 Å².